The summed E-state index contributed by atoms with van der Waals surface area (Å²) in [7, 11) is 0. The number of aromatic nitrogens is 3. The second kappa shape index (κ2) is 11.4. The highest BCUT2D eigenvalue weighted by Crippen LogP contribution is 2.30. The number of piperazine rings is 1. The first-order valence-electron chi connectivity index (χ1n) is 14.0. The van der Waals surface area contributed by atoms with E-state index in [1.807, 2.05) is 53.4 Å². The molecule has 1 aliphatic carbocycles. The molecule has 0 bridgehead atoms. The Morgan fingerprint density at radius 1 is 0.850 bits per heavy atom. The molecule has 210 valence electrons. The van der Waals surface area contributed by atoms with E-state index in [0.29, 0.717) is 63.7 Å². The first-order valence-corrected chi connectivity index (χ1v) is 14.0. The molecule has 4 heterocycles. The van der Waals surface area contributed by atoms with E-state index < -0.39 is 0 Å². The van der Waals surface area contributed by atoms with Crippen molar-refractivity contribution in [3.8, 4) is 0 Å². The van der Waals surface area contributed by atoms with Gasteiger partial charge in [-0.1, -0.05) is 36.4 Å². The molecule has 0 radical (unpaired) electrons. The first-order chi connectivity index (χ1) is 19.5. The third-order valence-electron chi connectivity index (χ3n) is 7.70. The summed E-state index contributed by atoms with van der Waals surface area (Å²) in [5, 5.41) is 10.5. The smallest absolute Gasteiger partial charge is 0.410 e. The molecule has 2 saturated heterocycles. The van der Waals surface area contributed by atoms with Gasteiger partial charge in [0.05, 0.1) is 0 Å². The number of likely N-dealkylation sites (tertiary alicyclic amines) is 1. The van der Waals surface area contributed by atoms with Gasteiger partial charge in [0.15, 0.2) is 5.65 Å². The highest BCUT2D eigenvalue weighted by molar-refractivity contribution is 5.92. The molecule has 3 aromatic rings. The van der Waals surface area contributed by atoms with Crippen LogP contribution in [0, 0.1) is 5.92 Å². The Balaban J connectivity index is 0.959. The van der Waals surface area contributed by atoms with Crippen LogP contribution >= 0.6 is 0 Å². The molecule has 12 nitrogen and oxygen atoms in total. The maximum Gasteiger partial charge on any atom is 0.410 e. The van der Waals surface area contributed by atoms with Gasteiger partial charge in [-0.25, -0.2) is 9.59 Å². The summed E-state index contributed by atoms with van der Waals surface area (Å²) in [4.78, 5) is 47.7. The highest BCUT2D eigenvalue weighted by atomic mass is 16.6. The molecular weight excluding hydrogens is 512 g/mol. The Labute approximate surface area is 232 Å². The number of pyridine rings is 1. The Kier molecular flexibility index (Phi) is 7.39. The lowest BCUT2D eigenvalue weighted by atomic mass is 10.1. The summed E-state index contributed by atoms with van der Waals surface area (Å²) in [5.74, 6) is 1.26. The molecule has 0 unspecified atom stereocenters. The number of ether oxygens (including phenoxy) is 1. The molecule has 2 aromatic heterocycles. The SMILES string of the molecule is O=C(Nc1nc2cccc(N3CCN(C(=O)NC4CCN(C(=O)OCc5ccccc5)CC4)CC3)n2n1)C1CC1. The molecular formula is C28H34N8O4. The number of amides is 4. The Morgan fingerprint density at radius 3 is 2.33 bits per heavy atom. The van der Waals surface area contributed by atoms with Gasteiger partial charge < -0.3 is 24.8 Å². The number of nitrogens with zero attached hydrogens (tertiary/aromatic N) is 6. The average Bonchev–Trinajstić information content (AvgIpc) is 3.76. The van der Waals surface area contributed by atoms with Crippen LogP contribution in [0.1, 0.15) is 31.2 Å². The molecule has 3 aliphatic rings. The Hall–Kier alpha value is -4.35. The Morgan fingerprint density at radius 2 is 1.60 bits per heavy atom. The topological polar surface area (TPSA) is 124 Å². The minimum absolute atomic E-state index is 0.0225. The largest absolute Gasteiger partial charge is 0.445 e. The van der Waals surface area contributed by atoms with E-state index in [-0.39, 0.29) is 36.6 Å². The fourth-order valence-corrected chi connectivity index (χ4v) is 5.16. The van der Waals surface area contributed by atoms with Crippen molar-refractivity contribution in [2.45, 2.75) is 38.3 Å². The second-order valence-corrected chi connectivity index (χ2v) is 10.6. The van der Waals surface area contributed by atoms with E-state index >= 15 is 0 Å². The van der Waals surface area contributed by atoms with Gasteiger partial charge in [0.25, 0.3) is 0 Å². The lowest BCUT2D eigenvalue weighted by Gasteiger charge is -2.37. The third kappa shape index (κ3) is 5.95. The predicted molar refractivity (Wildman–Crippen MR) is 148 cm³/mol. The standard InChI is InChI=1S/C28H34N8O4/c37-25(21-9-10-21)31-26-30-23-7-4-8-24(36(23)32-26)33-15-17-34(18-16-33)27(38)29-22-11-13-35(14-12-22)28(39)40-19-20-5-2-1-3-6-20/h1-8,21-22H,9-19H2,(H,29,38)(H,31,32,37). The number of rotatable bonds is 6. The van der Waals surface area contributed by atoms with Crippen LogP contribution in [-0.4, -0.2) is 87.7 Å². The van der Waals surface area contributed by atoms with Gasteiger partial charge in [-0.05, 0) is 43.4 Å². The zero-order valence-electron chi connectivity index (χ0n) is 22.4. The quantitative estimate of drug-likeness (QED) is 0.487. The number of hydrogen-bond donors (Lipinski definition) is 2. The van der Waals surface area contributed by atoms with Crippen LogP contribution in [0.2, 0.25) is 0 Å². The molecule has 1 saturated carbocycles. The molecule has 4 amide bonds. The number of hydrogen-bond acceptors (Lipinski definition) is 7. The van der Waals surface area contributed by atoms with Crippen molar-refractivity contribution < 1.29 is 19.1 Å². The van der Waals surface area contributed by atoms with E-state index in [2.05, 4.69) is 25.6 Å². The summed E-state index contributed by atoms with van der Waals surface area (Å²) in [6.45, 7) is 3.82. The Bertz CT molecular complexity index is 1360. The molecule has 1 aromatic carbocycles. The lowest BCUT2D eigenvalue weighted by molar-refractivity contribution is -0.117. The van der Waals surface area contributed by atoms with E-state index in [0.717, 1.165) is 24.2 Å². The molecule has 0 spiro atoms. The van der Waals surface area contributed by atoms with Gasteiger partial charge in [-0.3, -0.25) is 10.1 Å². The minimum atomic E-state index is -0.315. The van der Waals surface area contributed by atoms with Crippen LogP contribution in [0.4, 0.5) is 21.4 Å². The number of nitrogens with one attached hydrogen (secondary N) is 2. The van der Waals surface area contributed by atoms with Crippen molar-refractivity contribution in [3.63, 3.8) is 0 Å². The molecule has 40 heavy (non-hydrogen) atoms. The van der Waals surface area contributed by atoms with Crippen molar-refractivity contribution in [1.82, 2.24) is 29.7 Å². The van der Waals surface area contributed by atoms with Crippen LogP contribution in [-0.2, 0) is 16.1 Å². The highest BCUT2D eigenvalue weighted by Gasteiger charge is 2.31. The number of carbonyl (C=O) groups excluding carboxylic acids is 3. The van der Waals surface area contributed by atoms with Crippen LogP contribution in [0.3, 0.4) is 0 Å². The van der Waals surface area contributed by atoms with Crippen LogP contribution in [0.5, 0.6) is 0 Å². The van der Waals surface area contributed by atoms with Crippen molar-refractivity contribution in [2.24, 2.45) is 5.92 Å². The molecule has 2 aliphatic heterocycles. The van der Waals surface area contributed by atoms with E-state index in [9.17, 15) is 14.4 Å². The van der Waals surface area contributed by atoms with Gasteiger partial charge in [0.1, 0.15) is 12.4 Å². The lowest BCUT2D eigenvalue weighted by Crippen LogP contribution is -2.55. The van der Waals surface area contributed by atoms with Crippen LogP contribution < -0.4 is 15.5 Å². The minimum Gasteiger partial charge on any atom is -0.445 e. The summed E-state index contributed by atoms with van der Waals surface area (Å²) < 4.78 is 7.19. The molecule has 2 N–H and O–H groups in total. The predicted octanol–water partition coefficient (Wildman–Crippen LogP) is 2.71. The maximum atomic E-state index is 13.0. The van der Waals surface area contributed by atoms with E-state index in [1.54, 1.807) is 9.42 Å². The van der Waals surface area contributed by atoms with Gasteiger partial charge in [0.2, 0.25) is 11.9 Å². The van der Waals surface area contributed by atoms with Gasteiger partial charge in [0, 0.05) is 51.2 Å². The normalized spacial score (nSPS) is 18.1. The fraction of sp³-hybridized carbons (Fsp3) is 0.464. The monoisotopic (exact) mass is 546 g/mol. The zero-order valence-corrected chi connectivity index (χ0v) is 22.4. The van der Waals surface area contributed by atoms with Crippen molar-refractivity contribution >= 4 is 35.4 Å². The average molecular weight is 547 g/mol. The van der Waals surface area contributed by atoms with Crippen LogP contribution in [0.25, 0.3) is 5.65 Å². The van der Waals surface area contributed by atoms with Crippen molar-refractivity contribution in [1.29, 1.82) is 0 Å². The number of piperidine rings is 1. The number of benzene rings is 1. The van der Waals surface area contributed by atoms with E-state index in [4.69, 9.17) is 4.74 Å². The third-order valence-corrected chi connectivity index (χ3v) is 7.70. The summed E-state index contributed by atoms with van der Waals surface area (Å²) >= 11 is 0. The fourth-order valence-electron chi connectivity index (χ4n) is 5.16. The molecule has 3 fully saturated rings. The second-order valence-electron chi connectivity index (χ2n) is 10.6. The summed E-state index contributed by atoms with van der Waals surface area (Å²) in [6.07, 6.45) is 2.92. The van der Waals surface area contributed by atoms with Crippen molar-refractivity contribution in [3.05, 3.63) is 54.1 Å². The van der Waals surface area contributed by atoms with Gasteiger partial charge in [-0.15, -0.1) is 5.10 Å². The molecule has 12 heteroatoms. The van der Waals surface area contributed by atoms with Crippen molar-refractivity contribution in [2.75, 3.05) is 49.5 Å². The summed E-state index contributed by atoms with van der Waals surface area (Å²) in [6, 6.07) is 15.3. The van der Waals surface area contributed by atoms with Crippen LogP contribution in [0.15, 0.2) is 48.5 Å². The first kappa shape index (κ1) is 25.9. The number of fused-ring (bicyclic) bond motifs is 1. The molecule has 6 rings (SSSR count). The molecule has 0 atom stereocenters. The van der Waals surface area contributed by atoms with E-state index in [1.165, 1.54) is 0 Å². The maximum absolute atomic E-state index is 13.0. The van der Waals surface area contributed by atoms with Gasteiger partial charge >= 0.3 is 12.1 Å². The number of urea groups is 1. The zero-order chi connectivity index (χ0) is 27.5. The summed E-state index contributed by atoms with van der Waals surface area (Å²) in [5.41, 5.74) is 1.62. The van der Waals surface area contributed by atoms with Gasteiger partial charge in [-0.2, -0.15) is 9.50 Å². The number of anilines is 2. The number of carbonyl (C=O) groups is 3.